The van der Waals surface area contributed by atoms with E-state index in [-0.39, 0.29) is 22.9 Å². The van der Waals surface area contributed by atoms with Gasteiger partial charge in [-0.25, -0.2) is 9.18 Å². The molecule has 0 aliphatic rings. The zero-order chi connectivity index (χ0) is 15.4. The highest BCUT2D eigenvalue weighted by Crippen LogP contribution is 2.25. The van der Waals surface area contributed by atoms with Gasteiger partial charge in [-0.1, -0.05) is 17.7 Å². The molecule has 4 nitrogen and oxygen atoms in total. The van der Waals surface area contributed by atoms with E-state index in [0.29, 0.717) is 11.3 Å². The number of anilines is 1. The minimum atomic E-state index is -0.532. The first kappa shape index (κ1) is 15.1. The van der Waals surface area contributed by atoms with E-state index in [1.165, 1.54) is 37.4 Å². The predicted octanol–water partition coefficient (Wildman–Crippen LogP) is 3.43. The molecular weight excluding hydrogens is 297 g/mol. The summed E-state index contributed by atoms with van der Waals surface area (Å²) in [5.74, 6) is -0.680. The number of ether oxygens (including phenoxy) is 2. The Hall–Kier alpha value is -2.27. The van der Waals surface area contributed by atoms with Crippen LogP contribution < -0.4 is 10.5 Å². The van der Waals surface area contributed by atoms with Gasteiger partial charge in [0.1, 0.15) is 23.7 Å². The topological polar surface area (TPSA) is 61.5 Å². The van der Waals surface area contributed by atoms with Crippen LogP contribution in [0.15, 0.2) is 36.4 Å². The van der Waals surface area contributed by atoms with Crippen LogP contribution >= 0.6 is 11.6 Å². The molecule has 2 aromatic carbocycles. The lowest BCUT2D eigenvalue weighted by atomic mass is 10.2. The first-order valence-electron chi connectivity index (χ1n) is 6.06. The van der Waals surface area contributed by atoms with E-state index in [2.05, 4.69) is 4.74 Å². The number of hydrogen-bond donors (Lipinski definition) is 1. The maximum Gasteiger partial charge on any atom is 0.341 e. The number of halogens is 2. The molecule has 21 heavy (non-hydrogen) atoms. The Bertz CT molecular complexity index is 676. The van der Waals surface area contributed by atoms with Crippen LogP contribution in [0, 0.1) is 5.82 Å². The van der Waals surface area contributed by atoms with Crippen molar-refractivity contribution in [3.05, 3.63) is 58.4 Å². The highest BCUT2D eigenvalue weighted by molar-refractivity contribution is 6.31. The average Bonchev–Trinajstić information content (AvgIpc) is 2.45. The Kier molecular flexibility index (Phi) is 4.65. The summed E-state index contributed by atoms with van der Waals surface area (Å²) in [7, 11) is 1.28. The molecule has 0 fully saturated rings. The van der Waals surface area contributed by atoms with E-state index in [4.69, 9.17) is 22.1 Å². The molecule has 6 heteroatoms. The second-order valence-electron chi connectivity index (χ2n) is 4.27. The molecule has 2 N–H and O–H groups in total. The lowest BCUT2D eigenvalue weighted by molar-refractivity contribution is 0.0595. The summed E-state index contributed by atoms with van der Waals surface area (Å²) in [5, 5.41) is 0.249. The Morgan fingerprint density at radius 1 is 1.29 bits per heavy atom. The lowest BCUT2D eigenvalue weighted by Gasteiger charge is -2.12. The number of hydrogen-bond acceptors (Lipinski definition) is 4. The third kappa shape index (κ3) is 3.64. The van der Waals surface area contributed by atoms with Crippen LogP contribution in [0.25, 0.3) is 0 Å². The van der Waals surface area contributed by atoms with Gasteiger partial charge in [0.15, 0.2) is 0 Å². The van der Waals surface area contributed by atoms with Crippen molar-refractivity contribution in [3.63, 3.8) is 0 Å². The highest BCUT2D eigenvalue weighted by atomic mass is 35.5. The van der Waals surface area contributed by atoms with Gasteiger partial charge in [0, 0.05) is 17.3 Å². The van der Waals surface area contributed by atoms with Crippen LogP contribution in [-0.2, 0) is 11.3 Å². The summed E-state index contributed by atoms with van der Waals surface area (Å²) in [5.41, 5.74) is 6.98. The maximum absolute atomic E-state index is 13.0. The monoisotopic (exact) mass is 309 g/mol. The highest BCUT2D eigenvalue weighted by Gasteiger charge is 2.14. The fraction of sp³-hybridized carbons (Fsp3) is 0.133. The molecule has 0 aliphatic heterocycles. The van der Waals surface area contributed by atoms with E-state index < -0.39 is 11.8 Å². The third-order valence-corrected chi connectivity index (χ3v) is 3.16. The molecule has 0 saturated heterocycles. The van der Waals surface area contributed by atoms with Crippen molar-refractivity contribution in [1.82, 2.24) is 0 Å². The van der Waals surface area contributed by atoms with E-state index in [1.54, 1.807) is 6.07 Å². The number of carbonyl (C=O) groups is 1. The molecule has 0 bridgehead atoms. The van der Waals surface area contributed by atoms with Crippen molar-refractivity contribution in [3.8, 4) is 5.75 Å². The van der Waals surface area contributed by atoms with Crippen molar-refractivity contribution in [2.45, 2.75) is 6.61 Å². The zero-order valence-electron chi connectivity index (χ0n) is 11.2. The molecule has 0 unspecified atom stereocenters. The van der Waals surface area contributed by atoms with Crippen molar-refractivity contribution in [2.75, 3.05) is 12.8 Å². The molecular formula is C15H13ClFNO3. The second kappa shape index (κ2) is 6.45. The normalized spacial score (nSPS) is 10.2. The lowest BCUT2D eigenvalue weighted by Crippen LogP contribution is -2.06. The standard InChI is InChI=1S/C15H13ClFNO3/c1-20-15(19)12-5-4-11(18)7-14(12)21-8-9-2-3-10(17)6-13(9)16/h2-7H,8,18H2,1H3. The van der Waals surface area contributed by atoms with Crippen molar-refractivity contribution < 1.29 is 18.7 Å². The Morgan fingerprint density at radius 3 is 2.71 bits per heavy atom. The number of nitrogen functional groups attached to an aromatic ring is 1. The molecule has 0 spiro atoms. The van der Waals surface area contributed by atoms with Gasteiger partial charge in [-0.15, -0.1) is 0 Å². The number of methoxy groups -OCH3 is 1. The van der Waals surface area contributed by atoms with Crippen LogP contribution in [0.5, 0.6) is 5.75 Å². The van der Waals surface area contributed by atoms with Crippen LogP contribution in [-0.4, -0.2) is 13.1 Å². The fourth-order valence-corrected chi connectivity index (χ4v) is 1.95. The Labute approximate surface area is 126 Å². The second-order valence-corrected chi connectivity index (χ2v) is 4.68. The Morgan fingerprint density at radius 2 is 2.05 bits per heavy atom. The van der Waals surface area contributed by atoms with Crippen molar-refractivity contribution in [1.29, 1.82) is 0 Å². The molecule has 0 saturated carbocycles. The number of esters is 1. The van der Waals surface area contributed by atoms with Crippen molar-refractivity contribution in [2.24, 2.45) is 0 Å². The summed E-state index contributed by atoms with van der Waals surface area (Å²) in [6.07, 6.45) is 0. The first-order valence-corrected chi connectivity index (χ1v) is 6.43. The number of rotatable bonds is 4. The molecule has 0 amide bonds. The summed E-state index contributed by atoms with van der Waals surface area (Å²) >= 11 is 5.92. The van der Waals surface area contributed by atoms with Crippen molar-refractivity contribution >= 4 is 23.3 Å². The van der Waals surface area contributed by atoms with E-state index in [1.807, 2.05) is 0 Å². The quantitative estimate of drug-likeness (QED) is 0.694. The van der Waals surface area contributed by atoms with Crippen LogP contribution in [0.3, 0.4) is 0 Å². The number of carbonyl (C=O) groups excluding carboxylic acids is 1. The van der Waals surface area contributed by atoms with E-state index in [9.17, 15) is 9.18 Å². The molecule has 0 heterocycles. The SMILES string of the molecule is COC(=O)c1ccc(N)cc1OCc1ccc(F)cc1Cl. The minimum Gasteiger partial charge on any atom is -0.488 e. The molecule has 2 aromatic rings. The summed E-state index contributed by atoms with van der Waals surface area (Å²) in [4.78, 5) is 11.6. The van der Waals surface area contributed by atoms with Gasteiger partial charge >= 0.3 is 5.97 Å². The van der Waals surface area contributed by atoms with Gasteiger partial charge in [-0.3, -0.25) is 0 Å². The fourth-order valence-electron chi connectivity index (χ4n) is 1.73. The van der Waals surface area contributed by atoms with Gasteiger partial charge < -0.3 is 15.2 Å². The largest absolute Gasteiger partial charge is 0.488 e. The van der Waals surface area contributed by atoms with Crippen LogP contribution in [0.2, 0.25) is 5.02 Å². The van der Waals surface area contributed by atoms with Gasteiger partial charge in [0.05, 0.1) is 12.1 Å². The van der Waals surface area contributed by atoms with E-state index in [0.717, 1.165) is 0 Å². The molecule has 0 radical (unpaired) electrons. The Balaban J connectivity index is 2.23. The van der Waals surface area contributed by atoms with Crippen LogP contribution in [0.4, 0.5) is 10.1 Å². The number of nitrogens with two attached hydrogens (primary N) is 1. The smallest absolute Gasteiger partial charge is 0.341 e. The molecule has 110 valence electrons. The average molecular weight is 310 g/mol. The molecule has 2 rings (SSSR count). The minimum absolute atomic E-state index is 0.0760. The third-order valence-electron chi connectivity index (χ3n) is 2.81. The zero-order valence-corrected chi connectivity index (χ0v) is 12.0. The summed E-state index contributed by atoms with van der Waals surface area (Å²) < 4.78 is 23.2. The first-order chi connectivity index (χ1) is 10.0. The van der Waals surface area contributed by atoms with Gasteiger partial charge in [-0.05, 0) is 24.3 Å². The van der Waals surface area contributed by atoms with Gasteiger partial charge in [0.25, 0.3) is 0 Å². The molecule has 0 atom stereocenters. The summed E-state index contributed by atoms with van der Waals surface area (Å²) in [6, 6.07) is 8.60. The molecule has 0 aliphatic carbocycles. The molecule has 0 aromatic heterocycles. The summed E-state index contributed by atoms with van der Waals surface area (Å²) in [6.45, 7) is 0.0760. The van der Waals surface area contributed by atoms with Gasteiger partial charge in [0.2, 0.25) is 0 Å². The number of benzene rings is 2. The van der Waals surface area contributed by atoms with Gasteiger partial charge in [-0.2, -0.15) is 0 Å². The van der Waals surface area contributed by atoms with Crippen LogP contribution in [0.1, 0.15) is 15.9 Å². The van der Waals surface area contributed by atoms with E-state index >= 15 is 0 Å². The predicted molar refractivity (Wildman–Crippen MR) is 77.9 cm³/mol. The maximum atomic E-state index is 13.0.